The van der Waals surface area contributed by atoms with Crippen LogP contribution < -0.4 is 5.32 Å². The second-order valence-corrected chi connectivity index (χ2v) is 7.34. The van der Waals surface area contributed by atoms with Gasteiger partial charge < -0.3 is 9.73 Å². The zero-order valence-electron chi connectivity index (χ0n) is 13.1. The van der Waals surface area contributed by atoms with E-state index in [1.165, 1.54) is 11.8 Å². The van der Waals surface area contributed by atoms with Crippen LogP contribution in [0, 0.1) is 6.92 Å². The van der Waals surface area contributed by atoms with Gasteiger partial charge in [-0.25, -0.2) is 0 Å². The lowest BCUT2D eigenvalue weighted by atomic mass is 10.2. The van der Waals surface area contributed by atoms with Crippen molar-refractivity contribution in [1.82, 2.24) is 10.2 Å². The van der Waals surface area contributed by atoms with Crippen molar-refractivity contribution in [2.45, 2.75) is 12.1 Å². The minimum atomic E-state index is -0.154. The second kappa shape index (κ2) is 8.03. The van der Waals surface area contributed by atoms with E-state index in [9.17, 15) is 4.79 Å². The minimum absolute atomic E-state index is 0.154. The number of carbonyl (C=O) groups is 1. The van der Waals surface area contributed by atoms with Gasteiger partial charge in [-0.05, 0) is 36.8 Å². The minimum Gasteiger partial charge on any atom is -0.411 e. The number of hydrogen-bond acceptors (Lipinski definition) is 5. The predicted octanol–water partition coefficient (Wildman–Crippen LogP) is 5.19. The fourth-order valence-corrected chi connectivity index (χ4v) is 3.17. The Morgan fingerprint density at radius 3 is 2.84 bits per heavy atom. The van der Waals surface area contributed by atoms with Gasteiger partial charge in [0.1, 0.15) is 0 Å². The first-order valence-electron chi connectivity index (χ1n) is 7.30. The maximum absolute atomic E-state index is 12.1. The summed E-state index contributed by atoms with van der Waals surface area (Å²) in [6.45, 7) is 1.98. The van der Waals surface area contributed by atoms with E-state index in [1.807, 2.05) is 37.3 Å². The number of anilines is 1. The number of carbonyl (C=O) groups excluding carboxylic acids is 1. The highest BCUT2D eigenvalue weighted by molar-refractivity contribution is 9.10. The number of rotatable bonds is 5. The standard InChI is InChI=1S/C17H13BrClN3O2S/c1-10-6-7-11(8-13(10)18)20-15(23)9-25-17-22-21-16(24-17)12-4-2-3-5-14(12)19/h2-8H,9H2,1H3,(H,20,23). The molecule has 128 valence electrons. The van der Waals surface area contributed by atoms with E-state index in [4.69, 9.17) is 16.0 Å². The van der Waals surface area contributed by atoms with Crippen molar-refractivity contribution in [2.24, 2.45) is 0 Å². The summed E-state index contributed by atoms with van der Waals surface area (Å²) in [5.41, 5.74) is 2.49. The first-order chi connectivity index (χ1) is 12.0. The Bertz CT molecular complexity index is 916. The smallest absolute Gasteiger partial charge is 0.277 e. The van der Waals surface area contributed by atoms with Gasteiger partial charge in [0, 0.05) is 10.2 Å². The summed E-state index contributed by atoms with van der Waals surface area (Å²) in [7, 11) is 0. The molecule has 0 saturated carbocycles. The Kier molecular flexibility index (Phi) is 5.78. The van der Waals surface area contributed by atoms with Crippen molar-refractivity contribution in [3.63, 3.8) is 0 Å². The molecule has 0 radical (unpaired) electrons. The van der Waals surface area contributed by atoms with Gasteiger partial charge in [0.25, 0.3) is 5.22 Å². The van der Waals surface area contributed by atoms with Crippen LogP contribution in [0.5, 0.6) is 0 Å². The van der Waals surface area contributed by atoms with Crippen molar-refractivity contribution in [2.75, 3.05) is 11.1 Å². The van der Waals surface area contributed by atoms with Gasteiger partial charge in [-0.2, -0.15) is 0 Å². The molecule has 1 aromatic heterocycles. The second-order valence-electron chi connectivity index (χ2n) is 5.15. The summed E-state index contributed by atoms with van der Waals surface area (Å²) in [6.07, 6.45) is 0. The average Bonchev–Trinajstić information content (AvgIpc) is 3.05. The Morgan fingerprint density at radius 1 is 1.28 bits per heavy atom. The van der Waals surface area contributed by atoms with Gasteiger partial charge in [-0.3, -0.25) is 4.79 Å². The van der Waals surface area contributed by atoms with E-state index in [0.29, 0.717) is 21.7 Å². The molecular formula is C17H13BrClN3O2S. The van der Waals surface area contributed by atoms with Gasteiger partial charge in [0.05, 0.1) is 16.3 Å². The number of nitrogens with zero attached hydrogens (tertiary/aromatic N) is 2. The van der Waals surface area contributed by atoms with Crippen molar-refractivity contribution in [1.29, 1.82) is 0 Å². The fourth-order valence-electron chi connectivity index (χ4n) is 2.01. The molecule has 2 aromatic carbocycles. The SMILES string of the molecule is Cc1ccc(NC(=O)CSc2nnc(-c3ccccc3Cl)o2)cc1Br. The zero-order valence-corrected chi connectivity index (χ0v) is 16.3. The maximum atomic E-state index is 12.1. The van der Waals surface area contributed by atoms with Crippen LogP contribution in [0.4, 0.5) is 5.69 Å². The van der Waals surface area contributed by atoms with Crippen LogP contribution in [0.2, 0.25) is 5.02 Å². The lowest BCUT2D eigenvalue weighted by Gasteiger charge is -2.06. The Labute approximate surface area is 162 Å². The normalized spacial score (nSPS) is 10.7. The highest BCUT2D eigenvalue weighted by Gasteiger charge is 2.13. The van der Waals surface area contributed by atoms with Crippen molar-refractivity contribution in [3.05, 3.63) is 57.5 Å². The number of amides is 1. The molecule has 0 aliphatic heterocycles. The van der Waals surface area contributed by atoms with Crippen molar-refractivity contribution in [3.8, 4) is 11.5 Å². The fraction of sp³-hybridized carbons (Fsp3) is 0.118. The Morgan fingerprint density at radius 2 is 2.08 bits per heavy atom. The molecule has 0 spiro atoms. The molecule has 0 atom stereocenters. The van der Waals surface area contributed by atoms with Crippen molar-refractivity contribution < 1.29 is 9.21 Å². The summed E-state index contributed by atoms with van der Waals surface area (Å²) in [4.78, 5) is 12.1. The number of hydrogen-bond donors (Lipinski definition) is 1. The number of nitrogens with one attached hydrogen (secondary N) is 1. The molecule has 0 unspecified atom stereocenters. The van der Waals surface area contributed by atoms with Gasteiger partial charge in [0.15, 0.2) is 0 Å². The molecule has 25 heavy (non-hydrogen) atoms. The molecule has 0 fully saturated rings. The molecule has 1 N–H and O–H groups in total. The van der Waals surface area contributed by atoms with E-state index in [1.54, 1.807) is 12.1 Å². The molecule has 0 aliphatic rings. The van der Waals surface area contributed by atoms with Crippen LogP contribution in [0.15, 0.2) is 56.6 Å². The van der Waals surface area contributed by atoms with Crippen LogP contribution in [0.1, 0.15) is 5.56 Å². The van der Waals surface area contributed by atoms with E-state index < -0.39 is 0 Å². The molecule has 0 bridgehead atoms. The van der Waals surface area contributed by atoms with Gasteiger partial charge in [-0.1, -0.05) is 57.5 Å². The third-order valence-corrected chi connectivity index (χ3v) is 5.30. The average molecular weight is 439 g/mol. The van der Waals surface area contributed by atoms with Crippen molar-refractivity contribution >= 4 is 50.9 Å². The van der Waals surface area contributed by atoms with Crippen LogP contribution in [0.25, 0.3) is 11.5 Å². The number of aryl methyl sites for hydroxylation is 1. The molecule has 0 saturated heterocycles. The van der Waals surface area contributed by atoms with E-state index in [0.717, 1.165) is 15.7 Å². The quantitative estimate of drug-likeness (QED) is 0.555. The summed E-state index contributed by atoms with van der Waals surface area (Å²) >= 11 is 10.7. The summed E-state index contributed by atoms with van der Waals surface area (Å²) in [5.74, 6) is 0.338. The third-order valence-electron chi connectivity index (χ3n) is 3.29. The molecular weight excluding hydrogens is 426 g/mol. The van der Waals surface area contributed by atoms with Gasteiger partial charge >= 0.3 is 0 Å². The number of aromatic nitrogens is 2. The van der Waals surface area contributed by atoms with Crippen LogP contribution >= 0.6 is 39.3 Å². The summed E-state index contributed by atoms with van der Waals surface area (Å²) in [5, 5.41) is 11.6. The Hall–Kier alpha value is -1.83. The molecule has 0 aliphatic carbocycles. The van der Waals surface area contributed by atoms with Gasteiger partial charge in [0.2, 0.25) is 11.8 Å². The summed E-state index contributed by atoms with van der Waals surface area (Å²) in [6, 6.07) is 12.9. The molecule has 1 amide bonds. The highest BCUT2D eigenvalue weighted by atomic mass is 79.9. The number of thioether (sulfide) groups is 1. The van der Waals surface area contributed by atoms with Crippen LogP contribution in [-0.4, -0.2) is 21.9 Å². The first kappa shape index (κ1) is 18.0. The van der Waals surface area contributed by atoms with E-state index >= 15 is 0 Å². The number of benzene rings is 2. The van der Waals surface area contributed by atoms with Crippen LogP contribution in [-0.2, 0) is 4.79 Å². The predicted molar refractivity (Wildman–Crippen MR) is 103 cm³/mol. The topological polar surface area (TPSA) is 68.0 Å². The first-order valence-corrected chi connectivity index (χ1v) is 9.46. The molecule has 3 rings (SSSR count). The lowest BCUT2D eigenvalue weighted by Crippen LogP contribution is -2.14. The summed E-state index contributed by atoms with van der Waals surface area (Å²) < 4.78 is 6.50. The molecule has 3 aromatic rings. The zero-order chi connectivity index (χ0) is 17.8. The number of halogens is 2. The molecule has 8 heteroatoms. The lowest BCUT2D eigenvalue weighted by molar-refractivity contribution is -0.113. The monoisotopic (exact) mass is 437 g/mol. The van der Waals surface area contributed by atoms with E-state index in [2.05, 4.69) is 31.4 Å². The maximum Gasteiger partial charge on any atom is 0.277 e. The largest absolute Gasteiger partial charge is 0.411 e. The Balaban J connectivity index is 1.59. The highest BCUT2D eigenvalue weighted by Crippen LogP contribution is 2.28. The molecule has 5 nitrogen and oxygen atoms in total. The molecule has 1 heterocycles. The third kappa shape index (κ3) is 4.62. The van der Waals surface area contributed by atoms with E-state index in [-0.39, 0.29) is 11.7 Å². The van der Waals surface area contributed by atoms with Crippen LogP contribution in [0.3, 0.4) is 0 Å². The van der Waals surface area contributed by atoms with Gasteiger partial charge in [-0.15, -0.1) is 10.2 Å².